The van der Waals surface area contributed by atoms with Gasteiger partial charge in [-0.1, -0.05) is 29.3 Å². The van der Waals surface area contributed by atoms with Gasteiger partial charge in [0.2, 0.25) is 0 Å². The first kappa shape index (κ1) is 22.1. The lowest BCUT2D eigenvalue weighted by Crippen LogP contribution is -2.46. The molecule has 0 radical (unpaired) electrons. The van der Waals surface area contributed by atoms with Gasteiger partial charge in [-0.05, 0) is 53.0 Å². The molecular formula is C24H33N3O3. The molecule has 2 heterocycles. The van der Waals surface area contributed by atoms with E-state index in [1.807, 2.05) is 27.0 Å². The number of ether oxygens (including phenoxy) is 1. The Kier molecular flexibility index (Phi) is 6.66. The number of hydrogen-bond donors (Lipinski definition) is 2. The van der Waals surface area contributed by atoms with Crippen molar-refractivity contribution in [3.8, 4) is 11.1 Å². The number of aliphatic hydroxyl groups excluding tert-OH is 1. The third kappa shape index (κ3) is 5.51. The number of benzene rings is 1. The molecule has 2 N–H and O–H groups in total. The van der Waals surface area contributed by atoms with Crippen molar-refractivity contribution in [1.82, 2.24) is 10.3 Å². The number of aliphatic hydroxyl groups is 1. The summed E-state index contributed by atoms with van der Waals surface area (Å²) in [5.41, 5.74) is 5.90. The van der Waals surface area contributed by atoms with Crippen molar-refractivity contribution < 1.29 is 14.6 Å². The number of nitrogens with one attached hydrogen (secondary N) is 1. The summed E-state index contributed by atoms with van der Waals surface area (Å²) in [6, 6.07) is 6.55. The maximum atomic E-state index is 12.1. The Hall–Kier alpha value is -2.60. The molecule has 2 aromatic rings. The molecular weight excluding hydrogens is 378 g/mol. The number of piperidine rings is 1. The number of rotatable bonds is 4. The molecule has 3 rings (SSSR count). The first-order valence-corrected chi connectivity index (χ1v) is 10.6. The number of carbonyl (C=O) groups is 1. The average molecular weight is 412 g/mol. The highest BCUT2D eigenvalue weighted by Gasteiger charge is 2.26. The van der Waals surface area contributed by atoms with Crippen LogP contribution in [0.5, 0.6) is 0 Å². The lowest BCUT2D eigenvalue weighted by Gasteiger charge is -2.36. The molecule has 1 aliphatic rings. The summed E-state index contributed by atoms with van der Waals surface area (Å²) in [6.45, 7) is 11.3. The van der Waals surface area contributed by atoms with Gasteiger partial charge in [-0.2, -0.15) is 0 Å². The Morgan fingerprint density at radius 3 is 2.37 bits per heavy atom. The topological polar surface area (TPSA) is 74.7 Å². The van der Waals surface area contributed by atoms with Crippen LogP contribution in [0.4, 0.5) is 10.5 Å². The van der Waals surface area contributed by atoms with Crippen LogP contribution in [0.3, 0.4) is 0 Å². The van der Waals surface area contributed by atoms with Crippen LogP contribution in [-0.4, -0.2) is 40.9 Å². The van der Waals surface area contributed by atoms with E-state index in [2.05, 4.69) is 47.2 Å². The zero-order valence-electron chi connectivity index (χ0n) is 18.7. The van der Waals surface area contributed by atoms with Crippen LogP contribution in [0, 0.1) is 13.8 Å². The van der Waals surface area contributed by atoms with E-state index in [0.717, 1.165) is 48.3 Å². The van der Waals surface area contributed by atoms with Gasteiger partial charge in [-0.3, -0.25) is 4.98 Å². The van der Waals surface area contributed by atoms with Crippen molar-refractivity contribution in [3.63, 3.8) is 0 Å². The van der Waals surface area contributed by atoms with Crippen LogP contribution in [0.25, 0.3) is 11.1 Å². The van der Waals surface area contributed by atoms with Gasteiger partial charge >= 0.3 is 6.09 Å². The minimum Gasteiger partial charge on any atom is -0.444 e. The number of aromatic nitrogens is 1. The summed E-state index contributed by atoms with van der Waals surface area (Å²) in [4.78, 5) is 18.8. The van der Waals surface area contributed by atoms with E-state index in [-0.39, 0.29) is 18.7 Å². The Morgan fingerprint density at radius 2 is 1.80 bits per heavy atom. The van der Waals surface area contributed by atoms with Gasteiger partial charge in [-0.25, -0.2) is 4.79 Å². The predicted octanol–water partition coefficient (Wildman–Crippen LogP) is 4.35. The largest absolute Gasteiger partial charge is 0.444 e. The number of hydrogen-bond acceptors (Lipinski definition) is 5. The number of amides is 1. The summed E-state index contributed by atoms with van der Waals surface area (Å²) in [7, 11) is 0. The Morgan fingerprint density at radius 1 is 1.17 bits per heavy atom. The van der Waals surface area contributed by atoms with Crippen LogP contribution >= 0.6 is 0 Å². The standard InChI is InChI=1S/C24H33N3O3/c1-16-10-17(2)12-18(11-16)21-14-25-13-19(15-28)22(21)27-8-6-20(7-9-27)26-23(29)30-24(3,4)5/h10-14,20,28H,6-9,15H2,1-5H3,(H,26,29). The van der Waals surface area contributed by atoms with Gasteiger partial charge in [0.1, 0.15) is 5.60 Å². The molecule has 0 unspecified atom stereocenters. The van der Waals surface area contributed by atoms with Gasteiger partial charge in [-0.15, -0.1) is 0 Å². The summed E-state index contributed by atoms with van der Waals surface area (Å²) in [5, 5.41) is 13.0. The van der Waals surface area contributed by atoms with Gasteiger partial charge in [0.15, 0.2) is 0 Å². The fourth-order valence-corrected chi connectivity index (χ4v) is 4.05. The van der Waals surface area contributed by atoms with Gasteiger partial charge in [0.25, 0.3) is 0 Å². The number of aryl methyl sites for hydroxylation is 2. The van der Waals surface area contributed by atoms with Crippen LogP contribution in [0.2, 0.25) is 0 Å². The number of alkyl carbamates (subject to hydrolysis) is 1. The monoisotopic (exact) mass is 411 g/mol. The van der Waals surface area contributed by atoms with Gasteiger partial charge in [0.05, 0.1) is 12.3 Å². The molecule has 0 saturated carbocycles. The second-order valence-corrected chi connectivity index (χ2v) is 9.14. The van der Waals surface area contributed by atoms with Gasteiger partial charge in [0, 0.05) is 42.7 Å². The zero-order chi connectivity index (χ0) is 21.9. The number of nitrogens with zero attached hydrogens (tertiary/aromatic N) is 2. The van der Waals surface area contributed by atoms with Crippen LogP contribution < -0.4 is 10.2 Å². The molecule has 1 aliphatic heterocycles. The van der Waals surface area contributed by atoms with E-state index < -0.39 is 5.60 Å². The molecule has 1 amide bonds. The van der Waals surface area contributed by atoms with E-state index in [4.69, 9.17) is 4.74 Å². The highest BCUT2D eigenvalue weighted by Crippen LogP contribution is 2.36. The third-order valence-corrected chi connectivity index (χ3v) is 5.23. The van der Waals surface area contributed by atoms with Crippen molar-refractivity contribution in [1.29, 1.82) is 0 Å². The smallest absolute Gasteiger partial charge is 0.407 e. The van der Waals surface area contributed by atoms with Crippen molar-refractivity contribution in [3.05, 3.63) is 47.3 Å². The maximum Gasteiger partial charge on any atom is 0.407 e. The highest BCUT2D eigenvalue weighted by atomic mass is 16.6. The zero-order valence-corrected chi connectivity index (χ0v) is 18.7. The van der Waals surface area contributed by atoms with E-state index in [0.29, 0.717) is 0 Å². The lowest BCUT2D eigenvalue weighted by atomic mass is 9.96. The van der Waals surface area contributed by atoms with E-state index in [1.54, 1.807) is 6.20 Å². The molecule has 6 nitrogen and oxygen atoms in total. The normalized spacial score (nSPS) is 15.2. The molecule has 30 heavy (non-hydrogen) atoms. The molecule has 1 fully saturated rings. The second-order valence-electron chi connectivity index (χ2n) is 9.14. The molecule has 0 bridgehead atoms. The highest BCUT2D eigenvalue weighted by molar-refractivity contribution is 5.81. The fraction of sp³-hybridized carbons (Fsp3) is 0.500. The van der Waals surface area contributed by atoms with Crippen LogP contribution in [0.1, 0.15) is 50.3 Å². The first-order valence-electron chi connectivity index (χ1n) is 10.6. The van der Waals surface area contributed by atoms with Crippen molar-refractivity contribution in [2.45, 2.75) is 65.7 Å². The van der Waals surface area contributed by atoms with E-state index in [1.165, 1.54) is 11.1 Å². The summed E-state index contributed by atoms with van der Waals surface area (Å²) in [6.07, 6.45) is 4.90. The number of carbonyl (C=O) groups excluding carboxylic acids is 1. The minimum absolute atomic E-state index is 0.0585. The summed E-state index contributed by atoms with van der Waals surface area (Å²) >= 11 is 0. The fourth-order valence-electron chi connectivity index (χ4n) is 4.05. The molecule has 1 saturated heterocycles. The lowest BCUT2D eigenvalue weighted by molar-refractivity contribution is 0.0497. The molecule has 0 atom stereocenters. The van der Waals surface area contributed by atoms with E-state index >= 15 is 0 Å². The number of pyridine rings is 1. The van der Waals surface area contributed by atoms with Crippen LogP contribution in [-0.2, 0) is 11.3 Å². The molecule has 162 valence electrons. The molecule has 0 spiro atoms. The molecule has 1 aromatic heterocycles. The first-order chi connectivity index (χ1) is 14.2. The molecule has 0 aliphatic carbocycles. The Bertz CT molecular complexity index is 877. The number of anilines is 1. The SMILES string of the molecule is Cc1cc(C)cc(-c2cncc(CO)c2N2CCC(NC(=O)OC(C)(C)C)CC2)c1. The van der Waals surface area contributed by atoms with E-state index in [9.17, 15) is 9.90 Å². The third-order valence-electron chi connectivity index (χ3n) is 5.23. The Balaban J connectivity index is 1.79. The summed E-state index contributed by atoms with van der Waals surface area (Å²) in [5.74, 6) is 0. The molecule has 1 aromatic carbocycles. The van der Waals surface area contributed by atoms with Gasteiger partial charge < -0.3 is 20.1 Å². The van der Waals surface area contributed by atoms with Crippen LogP contribution in [0.15, 0.2) is 30.6 Å². The molecule has 6 heteroatoms. The predicted molar refractivity (Wildman–Crippen MR) is 120 cm³/mol. The van der Waals surface area contributed by atoms with Crippen molar-refractivity contribution in [2.24, 2.45) is 0 Å². The quantitative estimate of drug-likeness (QED) is 0.782. The van der Waals surface area contributed by atoms with Crippen molar-refractivity contribution >= 4 is 11.8 Å². The maximum absolute atomic E-state index is 12.1. The Labute approximate surface area is 179 Å². The summed E-state index contributed by atoms with van der Waals surface area (Å²) < 4.78 is 5.38. The minimum atomic E-state index is -0.501. The average Bonchev–Trinajstić information content (AvgIpc) is 2.65. The second kappa shape index (κ2) is 9.04. The van der Waals surface area contributed by atoms with Crippen molar-refractivity contribution in [2.75, 3.05) is 18.0 Å².